The largest absolute Gasteiger partial charge is 0.307 e. The van der Waals surface area contributed by atoms with Gasteiger partial charge in [-0.3, -0.25) is 19.3 Å². The summed E-state index contributed by atoms with van der Waals surface area (Å²) in [6, 6.07) is 15.3. The van der Waals surface area contributed by atoms with E-state index >= 15 is 0 Å². The number of anilines is 1. The number of nitrogens with zero attached hydrogens (tertiary/aromatic N) is 1. The lowest BCUT2D eigenvalue weighted by Crippen LogP contribution is -2.42. The minimum absolute atomic E-state index is 0.0373. The summed E-state index contributed by atoms with van der Waals surface area (Å²) in [6.07, 6.45) is 0.894. The standard InChI is InChI=1S/C26H21ClN2O3S2/c1-11-4-2-3-5-14(11)17-18-15-10-16(21(18)33-23-22(17)34-26(32)28-23)20-19(15)24(30)29(25(20)31)13-8-6-12(27)7-9-13/h2-9,15-21H,10H2,1H3,(H,28,32)/t15-,16+,17-,18+,19+,20+,21-/m1/s1. The van der Waals surface area contributed by atoms with Crippen molar-refractivity contribution < 1.29 is 9.59 Å². The van der Waals surface area contributed by atoms with Crippen LogP contribution in [0.4, 0.5) is 5.69 Å². The molecule has 3 heterocycles. The highest BCUT2D eigenvalue weighted by atomic mass is 35.5. The van der Waals surface area contributed by atoms with E-state index in [1.165, 1.54) is 27.4 Å². The molecule has 3 aromatic rings. The molecule has 34 heavy (non-hydrogen) atoms. The second kappa shape index (κ2) is 7.33. The number of aryl methyl sites for hydroxylation is 1. The molecule has 2 aliphatic heterocycles. The molecule has 7 rings (SSSR count). The fourth-order valence-electron chi connectivity index (χ4n) is 7.15. The average Bonchev–Trinajstić information content (AvgIpc) is 3.54. The first-order valence-corrected chi connectivity index (χ1v) is 13.6. The number of aromatic amines is 1. The van der Waals surface area contributed by atoms with Crippen LogP contribution < -0.4 is 9.77 Å². The first-order valence-electron chi connectivity index (χ1n) is 11.5. The molecule has 2 amide bonds. The summed E-state index contributed by atoms with van der Waals surface area (Å²) in [5, 5.41) is 1.72. The lowest BCUT2D eigenvalue weighted by atomic mass is 9.67. The summed E-state index contributed by atoms with van der Waals surface area (Å²) in [5.41, 5.74) is 3.02. The first-order chi connectivity index (χ1) is 16.4. The number of benzene rings is 2. The maximum atomic E-state index is 13.7. The molecule has 2 aromatic carbocycles. The molecule has 1 N–H and O–H groups in total. The number of thioether (sulfide) groups is 1. The van der Waals surface area contributed by atoms with Crippen LogP contribution in [0.1, 0.15) is 28.3 Å². The van der Waals surface area contributed by atoms with E-state index < -0.39 is 0 Å². The van der Waals surface area contributed by atoms with Gasteiger partial charge in [0.15, 0.2) is 0 Å². The van der Waals surface area contributed by atoms with E-state index in [9.17, 15) is 14.4 Å². The van der Waals surface area contributed by atoms with Gasteiger partial charge in [0.1, 0.15) is 0 Å². The third-order valence-electron chi connectivity index (χ3n) is 8.33. The molecule has 2 aliphatic carbocycles. The van der Waals surface area contributed by atoms with Gasteiger partial charge < -0.3 is 4.98 Å². The van der Waals surface area contributed by atoms with Crippen LogP contribution in [-0.2, 0) is 9.59 Å². The smallest absolute Gasteiger partial charge is 0.305 e. The third kappa shape index (κ3) is 2.72. The van der Waals surface area contributed by atoms with Crippen molar-refractivity contribution in [2.75, 3.05) is 4.90 Å². The Labute approximate surface area is 209 Å². The van der Waals surface area contributed by atoms with Crippen LogP contribution in [-0.4, -0.2) is 22.0 Å². The minimum atomic E-state index is -0.293. The molecule has 0 spiro atoms. The van der Waals surface area contributed by atoms with Crippen molar-refractivity contribution in [3.05, 3.63) is 79.2 Å². The second-order valence-electron chi connectivity index (χ2n) is 9.81. The number of thiazole rings is 1. The van der Waals surface area contributed by atoms with Crippen molar-refractivity contribution in [2.45, 2.75) is 29.5 Å². The van der Waals surface area contributed by atoms with Crippen molar-refractivity contribution in [1.29, 1.82) is 0 Å². The number of carbonyl (C=O) groups is 2. The van der Waals surface area contributed by atoms with Gasteiger partial charge in [-0.15, -0.1) is 11.8 Å². The summed E-state index contributed by atoms with van der Waals surface area (Å²) in [4.78, 5) is 45.2. The van der Waals surface area contributed by atoms with Gasteiger partial charge in [0, 0.05) is 21.1 Å². The molecule has 1 saturated heterocycles. The molecule has 4 aliphatic rings. The summed E-state index contributed by atoms with van der Waals surface area (Å²) in [5.74, 6) is -0.207. The topological polar surface area (TPSA) is 70.2 Å². The monoisotopic (exact) mass is 508 g/mol. The Morgan fingerprint density at radius 2 is 1.68 bits per heavy atom. The van der Waals surface area contributed by atoms with Crippen LogP contribution in [0.3, 0.4) is 0 Å². The highest BCUT2D eigenvalue weighted by Crippen LogP contribution is 2.68. The quantitative estimate of drug-likeness (QED) is 0.490. The van der Waals surface area contributed by atoms with Crippen LogP contribution in [0.15, 0.2) is 58.4 Å². The molecular formula is C26H21ClN2O3S2. The molecule has 5 nitrogen and oxygen atoms in total. The number of halogens is 1. The Hall–Kier alpha value is -2.35. The highest BCUT2D eigenvalue weighted by molar-refractivity contribution is 8.00. The molecule has 0 unspecified atom stereocenters. The average molecular weight is 509 g/mol. The Morgan fingerprint density at radius 3 is 2.41 bits per heavy atom. The van der Waals surface area contributed by atoms with E-state index in [1.54, 1.807) is 36.0 Å². The number of imide groups is 1. The van der Waals surface area contributed by atoms with Gasteiger partial charge >= 0.3 is 4.87 Å². The predicted octanol–water partition coefficient (Wildman–Crippen LogP) is 5.08. The molecule has 3 fully saturated rings. The first kappa shape index (κ1) is 21.0. The summed E-state index contributed by atoms with van der Waals surface area (Å²) >= 11 is 9.06. The number of carbonyl (C=O) groups excluding carboxylic acids is 2. The molecule has 1 aromatic heterocycles. The van der Waals surface area contributed by atoms with Gasteiger partial charge in [-0.25, -0.2) is 0 Å². The molecule has 7 atom stereocenters. The Kier molecular flexibility index (Phi) is 4.52. The van der Waals surface area contributed by atoms with Crippen LogP contribution in [0.2, 0.25) is 5.02 Å². The zero-order chi connectivity index (χ0) is 23.3. The Bertz CT molecular complexity index is 1410. The Balaban J connectivity index is 1.34. The molecule has 2 bridgehead atoms. The van der Waals surface area contributed by atoms with Gasteiger partial charge in [-0.05, 0) is 66.5 Å². The number of amides is 2. The van der Waals surface area contributed by atoms with E-state index in [0.29, 0.717) is 10.7 Å². The van der Waals surface area contributed by atoms with Crippen molar-refractivity contribution >= 4 is 52.2 Å². The van der Waals surface area contributed by atoms with Crippen molar-refractivity contribution in [3.63, 3.8) is 0 Å². The van der Waals surface area contributed by atoms with Crippen LogP contribution in [0.25, 0.3) is 0 Å². The Morgan fingerprint density at radius 1 is 0.971 bits per heavy atom. The van der Waals surface area contributed by atoms with E-state index in [1.807, 2.05) is 6.07 Å². The number of rotatable bonds is 2. The molecule has 8 heteroatoms. The van der Waals surface area contributed by atoms with E-state index in [2.05, 4.69) is 30.1 Å². The lowest BCUT2D eigenvalue weighted by molar-refractivity contribution is -0.123. The van der Waals surface area contributed by atoms with E-state index in [4.69, 9.17) is 11.6 Å². The lowest BCUT2D eigenvalue weighted by Gasteiger charge is -2.43. The number of aromatic nitrogens is 1. The number of fused-ring (bicyclic) bond motifs is 9. The van der Waals surface area contributed by atoms with Crippen LogP contribution in [0, 0.1) is 36.5 Å². The summed E-state index contributed by atoms with van der Waals surface area (Å²) < 4.78 is 0. The molecule has 172 valence electrons. The van der Waals surface area contributed by atoms with Crippen LogP contribution in [0.5, 0.6) is 0 Å². The van der Waals surface area contributed by atoms with Crippen molar-refractivity contribution in [3.8, 4) is 0 Å². The van der Waals surface area contributed by atoms with Gasteiger partial charge in [-0.2, -0.15) is 0 Å². The normalized spacial score (nSPS) is 33.2. The van der Waals surface area contributed by atoms with Gasteiger partial charge in [0.2, 0.25) is 11.8 Å². The molecular weight excluding hydrogens is 488 g/mol. The van der Waals surface area contributed by atoms with Crippen molar-refractivity contribution in [1.82, 2.24) is 4.98 Å². The minimum Gasteiger partial charge on any atom is -0.307 e. The maximum absolute atomic E-state index is 13.7. The van der Waals surface area contributed by atoms with Gasteiger partial charge in [0.05, 0.1) is 22.5 Å². The van der Waals surface area contributed by atoms with E-state index in [0.717, 1.165) is 16.3 Å². The van der Waals surface area contributed by atoms with Gasteiger partial charge in [0.25, 0.3) is 0 Å². The molecule has 2 saturated carbocycles. The fourth-order valence-corrected chi connectivity index (χ4v) is 10.2. The predicted molar refractivity (Wildman–Crippen MR) is 134 cm³/mol. The zero-order valence-corrected chi connectivity index (χ0v) is 20.6. The number of H-pyrrole nitrogens is 1. The summed E-state index contributed by atoms with van der Waals surface area (Å²) in [7, 11) is 0. The highest BCUT2D eigenvalue weighted by Gasteiger charge is 2.69. The van der Waals surface area contributed by atoms with Crippen LogP contribution >= 0.6 is 34.7 Å². The third-order valence-corrected chi connectivity index (χ3v) is 11.2. The number of hydrogen-bond acceptors (Lipinski definition) is 5. The van der Waals surface area contributed by atoms with E-state index in [-0.39, 0.29) is 57.4 Å². The molecule has 0 radical (unpaired) electrons. The second-order valence-corrected chi connectivity index (χ2v) is 12.4. The maximum Gasteiger partial charge on any atom is 0.305 e. The number of nitrogens with one attached hydrogen (secondary N) is 1. The fraction of sp³-hybridized carbons (Fsp3) is 0.346. The number of hydrogen-bond donors (Lipinski definition) is 1. The summed E-state index contributed by atoms with van der Waals surface area (Å²) in [6.45, 7) is 2.11. The SMILES string of the molecule is Cc1ccccc1[C@H]1c2sc(=O)[nH]c2S[C@@H]2[C@H]3C[C@@H]([C@@H]4C(=O)N(c5ccc(Cl)cc5)C(=O)[C@@H]34)[C@@H]12. The van der Waals surface area contributed by atoms with Crippen molar-refractivity contribution in [2.24, 2.45) is 29.6 Å². The van der Waals surface area contributed by atoms with Gasteiger partial charge in [-0.1, -0.05) is 47.2 Å². The zero-order valence-electron chi connectivity index (χ0n) is 18.2.